The van der Waals surface area contributed by atoms with Crippen LogP contribution in [0.1, 0.15) is 77.0 Å². The Kier molecular flexibility index (Phi) is 57.0. The molecule has 0 atom stereocenters. The third kappa shape index (κ3) is 63.6. The molecule has 0 aromatic heterocycles. The Morgan fingerprint density at radius 3 is 0.464 bits per heavy atom. The molecule has 0 amide bonds. The Bertz CT molecular complexity index is 177. The molecule has 176 valence electrons. The summed E-state index contributed by atoms with van der Waals surface area (Å²) in [5.41, 5.74) is 41.4. The lowest BCUT2D eigenvalue weighted by Gasteiger charge is -1.97. The first-order chi connectivity index (χ1) is 13.7. The number of hydrogen-bond acceptors (Lipinski definition) is 8. The first kappa shape index (κ1) is 35.1. The van der Waals surface area contributed by atoms with Gasteiger partial charge in [0.25, 0.3) is 0 Å². The van der Waals surface area contributed by atoms with E-state index in [9.17, 15) is 0 Å². The molecule has 8 nitrogen and oxygen atoms in total. The molecule has 0 heterocycles. The van der Waals surface area contributed by atoms with Crippen LogP contribution in [0.3, 0.4) is 0 Å². The third-order valence-corrected chi connectivity index (χ3v) is 3.64. The number of hydrogen-bond donors (Lipinski definition) is 8. The summed E-state index contributed by atoms with van der Waals surface area (Å²) in [6.45, 7) is 6.08. The second-order valence-electron chi connectivity index (χ2n) is 6.55. The quantitative estimate of drug-likeness (QED) is 0.166. The summed E-state index contributed by atoms with van der Waals surface area (Å²) in [6.07, 6.45) is 14.5. The zero-order valence-corrected chi connectivity index (χ0v) is 18.8. The monoisotopic (exact) mass is 408 g/mol. The van der Waals surface area contributed by atoms with Gasteiger partial charge in [0.05, 0.1) is 0 Å². The van der Waals surface area contributed by atoms with E-state index in [1.54, 1.807) is 0 Å². The van der Waals surface area contributed by atoms with Gasteiger partial charge in [-0.1, -0.05) is 38.5 Å². The largest absolute Gasteiger partial charge is 0.330 e. The zero-order valence-electron chi connectivity index (χ0n) is 18.8. The average Bonchev–Trinajstić information content (AvgIpc) is 2.73. The van der Waals surface area contributed by atoms with Crippen LogP contribution in [-0.4, -0.2) is 52.4 Å². The molecule has 0 aromatic rings. The maximum atomic E-state index is 5.35. The van der Waals surface area contributed by atoms with Crippen LogP contribution in [0.2, 0.25) is 0 Å². The third-order valence-electron chi connectivity index (χ3n) is 3.64. The van der Waals surface area contributed by atoms with Crippen LogP contribution < -0.4 is 45.9 Å². The summed E-state index contributed by atoms with van der Waals surface area (Å²) in [7, 11) is 0. The van der Waals surface area contributed by atoms with E-state index in [4.69, 9.17) is 45.9 Å². The first-order valence-electron chi connectivity index (χ1n) is 11.3. The minimum Gasteiger partial charge on any atom is -0.330 e. The van der Waals surface area contributed by atoms with Gasteiger partial charge in [-0.15, -0.1) is 0 Å². The van der Waals surface area contributed by atoms with Gasteiger partial charge in [-0.3, -0.25) is 0 Å². The van der Waals surface area contributed by atoms with Crippen molar-refractivity contribution in [1.82, 2.24) is 0 Å². The molecule has 16 N–H and O–H groups in total. The molecular weight excluding hydrogens is 352 g/mol. The van der Waals surface area contributed by atoms with Crippen molar-refractivity contribution < 1.29 is 0 Å². The molecule has 0 saturated heterocycles. The van der Waals surface area contributed by atoms with Gasteiger partial charge in [-0.2, -0.15) is 0 Å². The van der Waals surface area contributed by atoms with Crippen LogP contribution in [-0.2, 0) is 0 Å². The fourth-order valence-electron chi connectivity index (χ4n) is 1.93. The SMILES string of the molecule is NCCCCCCCCN.NCCCCCCN.NCCCCN.NCCN. The van der Waals surface area contributed by atoms with Gasteiger partial charge in [-0.05, 0) is 77.8 Å². The van der Waals surface area contributed by atoms with Gasteiger partial charge in [0.2, 0.25) is 0 Å². The summed E-state index contributed by atoms with van der Waals surface area (Å²) >= 11 is 0. The topological polar surface area (TPSA) is 208 Å². The first-order valence-corrected chi connectivity index (χ1v) is 11.3. The molecule has 0 unspecified atom stereocenters. The van der Waals surface area contributed by atoms with E-state index in [2.05, 4.69) is 0 Å². The summed E-state index contributed by atoms with van der Waals surface area (Å²) in [5, 5.41) is 0. The fourth-order valence-corrected chi connectivity index (χ4v) is 1.93. The molecular formula is C20H56N8. The Morgan fingerprint density at radius 1 is 0.179 bits per heavy atom. The van der Waals surface area contributed by atoms with Gasteiger partial charge in [0.15, 0.2) is 0 Å². The molecule has 0 bridgehead atoms. The summed E-state index contributed by atoms with van der Waals surface area (Å²) in [4.78, 5) is 0. The van der Waals surface area contributed by atoms with Crippen LogP contribution in [0.4, 0.5) is 0 Å². The predicted octanol–water partition coefficient (Wildman–Crippen LogP) is 0.296. The molecule has 28 heavy (non-hydrogen) atoms. The van der Waals surface area contributed by atoms with Gasteiger partial charge in [0.1, 0.15) is 0 Å². The zero-order chi connectivity index (χ0) is 22.1. The van der Waals surface area contributed by atoms with Crippen LogP contribution in [0.15, 0.2) is 0 Å². The van der Waals surface area contributed by atoms with Crippen molar-refractivity contribution in [2.24, 2.45) is 45.9 Å². The fraction of sp³-hybridized carbons (Fsp3) is 1.00. The van der Waals surface area contributed by atoms with Crippen molar-refractivity contribution >= 4 is 0 Å². The Labute approximate surface area is 175 Å². The smallest absolute Gasteiger partial charge is 0.00461 e. The minimum absolute atomic E-state index is 0.597. The Balaban J connectivity index is -0.000000144. The summed E-state index contributed by atoms with van der Waals surface area (Å²) < 4.78 is 0. The van der Waals surface area contributed by atoms with Crippen molar-refractivity contribution in [2.75, 3.05) is 52.4 Å². The molecule has 0 rings (SSSR count). The lowest BCUT2D eigenvalue weighted by molar-refractivity contribution is 0.601. The van der Waals surface area contributed by atoms with Crippen molar-refractivity contribution in [3.05, 3.63) is 0 Å². The second kappa shape index (κ2) is 45.4. The van der Waals surface area contributed by atoms with Crippen LogP contribution in [0.25, 0.3) is 0 Å². The predicted molar refractivity (Wildman–Crippen MR) is 128 cm³/mol. The molecule has 0 aliphatic carbocycles. The molecule has 0 aromatic carbocycles. The standard InChI is InChI=1S/C8H20N2.C6H16N2.C4H12N2.C2H8N2/c9-7-5-3-1-2-4-6-8-10;7-5-3-1-2-4-6-8;5-3-1-2-4-6;3-1-2-4/h1-10H2;1-8H2;1-6H2;1-4H2. The van der Waals surface area contributed by atoms with Gasteiger partial charge < -0.3 is 45.9 Å². The number of rotatable bonds is 16. The molecule has 0 aliphatic rings. The molecule has 0 fully saturated rings. The van der Waals surface area contributed by atoms with Crippen LogP contribution in [0, 0.1) is 0 Å². The van der Waals surface area contributed by atoms with E-state index in [1.807, 2.05) is 0 Å². The highest BCUT2D eigenvalue weighted by atomic mass is 14.6. The Hall–Kier alpha value is -0.320. The lowest BCUT2D eigenvalue weighted by Crippen LogP contribution is -2.11. The van der Waals surface area contributed by atoms with Crippen molar-refractivity contribution in [2.45, 2.75) is 77.0 Å². The van der Waals surface area contributed by atoms with E-state index in [0.29, 0.717) is 13.1 Å². The number of unbranched alkanes of at least 4 members (excludes halogenated alkanes) is 9. The average molecular weight is 409 g/mol. The van der Waals surface area contributed by atoms with Gasteiger partial charge >= 0.3 is 0 Å². The Morgan fingerprint density at radius 2 is 0.321 bits per heavy atom. The van der Waals surface area contributed by atoms with E-state index in [1.165, 1.54) is 51.4 Å². The van der Waals surface area contributed by atoms with E-state index in [0.717, 1.165) is 65.0 Å². The van der Waals surface area contributed by atoms with E-state index < -0.39 is 0 Å². The molecule has 0 spiro atoms. The van der Waals surface area contributed by atoms with E-state index >= 15 is 0 Å². The summed E-state index contributed by atoms with van der Waals surface area (Å²) in [6, 6.07) is 0. The molecule has 0 saturated carbocycles. The van der Waals surface area contributed by atoms with Gasteiger partial charge in [-0.25, -0.2) is 0 Å². The lowest BCUT2D eigenvalue weighted by atomic mass is 10.1. The molecule has 0 radical (unpaired) electrons. The molecule has 0 aliphatic heterocycles. The van der Waals surface area contributed by atoms with Crippen molar-refractivity contribution in [3.8, 4) is 0 Å². The normalized spacial score (nSPS) is 9.43. The minimum atomic E-state index is 0.597. The van der Waals surface area contributed by atoms with Crippen LogP contribution >= 0.6 is 0 Å². The summed E-state index contributed by atoms with van der Waals surface area (Å²) in [5.74, 6) is 0. The number of nitrogens with two attached hydrogens (primary N) is 8. The van der Waals surface area contributed by atoms with Crippen molar-refractivity contribution in [3.63, 3.8) is 0 Å². The molecule has 8 heteroatoms. The van der Waals surface area contributed by atoms with Gasteiger partial charge in [0, 0.05) is 13.1 Å². The van der Waals surface area contributed by atoms with E-state index in [-0.39, 0.29) is 0 Å². The maximum absolute atomic E-state index is 5.35. The highest BCUT2D eigenvalue weighted by molar-refractivity contribution is 4.46. The highest BCUT2D eigenvalue weighted by Crippen LogP contribution is 2.03. The van der Waals surface area contributed by atoms with Crippen LogP contribution in [0.5, 0.6) is 0 Å². The second-order valence-corrected chi connectivity index (χ2v) is 6.55. The van der Waals surface area contributed by atoms with Crippen molar-refractivity contribution in [1.29, 1.82) is 0 Å². The maximum Gasteiger partial charge on any atom is 0.00461 e. The highest BCUT2D eigenvalue weighted by Gasteiger charge is 1.87.